The van der Waals surface area contributed by atoms with Crippen LogP contribution in [0.5, 0.6) is 0 Å². The smallest absolute Gasteiger partial charge is 0.320 e. The van der Waals surface area contributed by atoms with Crippen molar-refractivity contribution in [3.63, 3.8) is 0 Å². The number of esters is 2. The number of halogens is 1. The van der Waals surface area contributed by atoms with Crippen LogP contribution in [0.3, 0.4) is 0 Å². The van der Waals surface area contributed by atoms with Crippen molar-refractivity contribution < 1.29 is 23.5 Å². The molecular formula is C19H21FN2O5. The third-order valence-electron chi connectivity index (χ3n) is 4.68. The van der Waals surface area contributed by atoms with Crippen molar-refractivity contribution in [2.24, 2.45) is 5.92 Å². The first-order valence-corrected chi connectivity index (χ1v) is 8.99. The monoisotopic (exact) mass is 376 g/mol. The van der Waals surface area contributed by atoms with Crippen molar-refractivity contribution >= 4 is 22.8 Å². The quantitative estimate of drug-likeness (QED) is 0.567. The van der Waals surface area contributed by atoms with Crippen LogP contribution in [-0.2, 0) is 25.6 Å². The second-order valence-electron chi connectivity index (χ2n) is 6.37. The molecule has 7 nitrogen and oxygen atoms in total. The van der Waals surface area contributed by atoms with Gasteiger partial charge in [0.15, 0.2) is 5.92 Å². The topological polar surface area (TPSA) is 87.5 Å². The summed E-state index contributed by atoms with van der Waals surface area (Å²) in [5, 5.41) is 0.341. The molecular weight excluding hydrogens is 355 g/mol. The number of carbonyl (C=O) groups excluding carboxylic acids is 2. The maximum absolute atomic E-state index is 13.5. The molecule has 1 atom stereocenters. The van der Waals surface area contributed by atoms with Gasteiger partial charge >= 0.3 is 11.9 Å². The zero-order valence-electron chi connectivity index (χ0n) is 15.2. The van der Waals surface area contributed by atoms with Crippen molar-refractivity contribution in [3.8, 4) is 0 Å². The van der Waals surface area contributed by atoms with Gasteiger partial charge in [0, 0.05) is 18.5 Å². The number of aromatic nitrogens is 2. The summed E-state index contributed by atoms with van der Waals surface area (Å²) in [7, 11) is 0. The molecule has 0 spiro atoms. The van der Waals surface area contributed by atoms with Gasteiger partial charge in [-0.05, 0) is 38.8 Å². The SMILES string of the molecule is CCOC(=O)C(CC1CCn2c1nc1cc(F)ccc1c2=O)C(=O)OCC. The van der Waals surface area contributed by atoms with Crippen LogP contribution in [0.15, 0.2) is 23.0 Å². The number of nitrogens with zero attached hydrogens (tertiary/aromatic N) is 2. The average molecular weight is 376 g/mol. The molecule has 0 fully saturated rings. The van der Waals surface area contributed by atoms with Gasteiger partial charge in [0.25, 0.3) is 5.56 Å². The third kappa shape index (κ3) is 3.70. The number of hydrogen-bond donors (Lipinski definition) is 0. The summed E-state index contributed by atoms with van der Waals surface area (Å²) >= 11 is 0. The summed E-state index contributed by atoms with van der Waals surface area (Å²) in [5.41, 5.74) is 0.0169. The molecule has 0 saturated heterocycles. The van der Waals surface area contributed by atoms with Crippen molar-refractivity contribution in [3.05, 3.63) is 40.2 Å². The Labute approximate surface area is 155 Å². The van der Waals surface area contributed by atoms with Crippen LogP contribution in [0, 0.1) is 11.7 Å². The number of hydrogen-bond acceptors (Lipinski definition) is 6. The summed E-state index contributed by atoms with van der Waals surface area (Å²) < 4.78 is 25.1. The summed E-state index contributed by atoms with van der Waals surface area (Å²) in [6.45, 7) is 4.05. The number of fused-ring (bicyclic) bond motifs is 2. The molecule has 0 N–H and O–H groups in total. The largest absolute Gasteiger partial charge is 0.465 e. The predicted octanol–water partition coefficient (Wildman–Crippen LogP) is 2.16. The molecule has 1 unspecified atom stereocenters. The second kappa shape index (κ2) is 7.85. The highest BCUT2D eigenvalue weighted by Crippen LogP contribution is 2.33. The fraction of sp³-hybridized carbons (Fsp3) is 0.474. The molecule has 27 heavy (non-hydrogen) atoms. The summed E-state index contributed by atoms with van der Waals surface area (Å²) in [4.78, 5) is 41.5. The van der Waals surface area contributed by atoms with E-state index >= 15 is 0 Å². The molecule has 0 bridgehead atoms. The van der Waals surface area contributed by atoms with Gasteiger partial charge in [-0.25, -0.2) is 9.37 Å². The molecule has 2 aromatic rings. The highest BCUT2D eigenvalue weighted by Gasteiger charge is 2.36. The zero-order chi connectivity index (χ0) is 19.6. The van der Waals surface area contributed by atoms with E-state index in [1.807, 2.05) is 0 Å². The van der Waals surface area contributed by atoms with E-state index in [2.05, 4.69) is 4.98 Å². The summed E-state index contributed by atoms with van der Waals surface area (Å²) in [5.74, 6) is -2.71. The van der Waals surface area contributed by atoms with Crippen molar-refractivity contribution in [1.82, 2.24) is 9.55 Å². The van der Waals surface area contributed by atoms with Crippen LogP contribution in [0.25, 0.3) is 10.9 Å². The Kier molecular flexibility index (Phi) is 5.53. The van der Waals surface area contributed by atoms with Crippen LogP contribution in [0.2, 0.25) is 0 Å². The molecule has 1 aliphatic heterocycles. The molecule has 0 amide bonds. The van der Waals surface area contributed by atoms with E-state index in [9.17, 15) is 18.8 Å². The standard InChI is InChI=1S/C19H21FN2O5/c1-3-26-18(24)14(19(25)27-4-2)9-11-7-8-22-16(11)21-15-10-12(20)5-6-13(15)17(22)23/h5-6,10-11,14H,3-4,7-9H2,1-2H3. The molecule has 1 aliphatic rings. The number of benzene rings is 1. The van der Waals surface area contributed by atoms with Gasteiger partial charge in [0.1, 0.15) is 11.6 Å². The number of ether oxygens (including phenoxy) is 2. The first-order valence-electron chi connectivity index (χ1n) is 8.99. The average Bonchev–Trinajstić information content (AvgIpc) is 3.02. The maximum Gasteiger partial charge on any atom is 0.320 e. The van der Waals surface area contributed by atoms with Gasteiger partial charge in [-0.3, -0.25) is 19.0 Å². The fourth-order valence-corrected chi connectivity index (χ4v) is 3.44. The molecule has 3 rings (SSSR count). The van der Waals surface area contributed by atoms with E-state index in [-0.39, 0.29) is 36.6 Å². The fourth-order valence-electron chi connectivity index (χ4n) is 3.44. The molecule has 0 saturated carbocycles. The van der Waals surface area contributed by atoms with Crippen molar-refractivity contribution in [1.29, 1.82) is 0 Å². The van der Waals surface area contributed by atoms with E-state index in [1.54, 1.807) is 13.8 Å². The van der Waals surface area contributed by atoms with Crippen molar-refractivity contribution in [2.45, 2.75) is 39.2 Å². The lowest BCUT2D eigenvalue weighted by atomic mass is 9.93. The molecule has 8 heteroatoms. The lowest BCUT2D eigenvalue weighted by Crippen LogP contribution is -2.30. The zero-order valence-corrected chi connectivity index (χ0v) is 15.2. The normalized spacial score (nSPS) is 15.8. The highest BCUT2D eigenvalue weighted by atomic mass is 19.1. The van der Waals surface area contributed by atoms with Crippen LogP contribution < -0.4 is 5.56 Å². The molecule has 2 heterocycles. The maximum atomic E-state index is 13.5. The van der Waals surface area contributed by atoms with E-state index in [0.29, 0.717) is 24.2 Å². The Hall–Kier alpha value is -2.77. The summed E-state index contributed by atoms with van der Waals surface area (Å²) in [6.07, 6.45) is 0.682. The lowest BCUT2D eigenvalue weighted by molar-refractivity contribution is -0.162. The Morgan fingerprint density at radius 3 is 2.56 bits per heavy atom. The number of rotatable bonds is 6. The van der Waals surface area contributed by atoms with Gasteiger partial charge in [0.2, 0.25) is 0 Å². The highest BCUT2D eigenvalue weighted by molar-refractivity contribution is 5.95. The molecule has 0 radical (unpaired) electrons. The molecule has 144 valence electrons. The first-order chi connectivity index (χ1) is 13.0. The third-order valence-corrected chi connectivity index (χ3v) is 4.68. The molecule has 1 aromatic heterocycles. The van der Waals surface area contributed by atoms with E-state index in [1.165, 1.54) is 22.8 Å². The molecule has 0 aliphatic carbocycles. The van der Waals surface area contributed by atoms with Gasteiger partial charge in [-0.2, -0.15) is 0 Å². The first kappa shape index (κ1) is 19.0. The van der Waals surface area contributed by atoms with Crippen molar-refractivity contribution in [2.75, 3.05) is 13.2 Å². The van der Waals surface area contributed by atoms with E-state index < -0.39 is 23.7 Å². The minimum atomic E-state index is -1.08. The summed E-state index contributed by atoms with van der Waals surface area (Å²) in [6, 6.07) is 3.85. The van der Waals surface area contributed by atoms with Gasteiger partial charge in [-0.1, -0.05) is 0 Å². The predicted molar refractivity (Wildman–Crippen MR) is 94.7 cm³/mol. The molecule has 1 aromatic carbocycles. The Morgan fingerprint density at radius 1 is 1.26 bits per heavy atom. The Bertz CT molecular complexity index is 922. The number of carbonyl (C=O) groups is 2. The lowest BCUT2D eigenvalue weighted by Gasteiger charge is -2.18. The van der Waals surface area contributed by atoms with Crippen LogP contribution >= 0.6 is 0 Å². The minimum absolute atomic E-state index is 0.130. The van der Waals surface area contributed by atoms with Gasteiger partial charge in [0.05, 0.1) is 24.1 Å². The van der Waals surface area contributed by atoms with Crippen LogP contribution in [-0.4, -0.2) is 34.7 Å². The second-order valence-corrected chi connectivity index (χ2v) is 6.37. The van der Waals surface area contributed by atoms with E-state index in [0.717, 1.165) is 0 Å². The van der Waals surface area contributed by atoms with Gasteiger partial charge < -0.3 is 9.47 Å². The van der Waals surface area contributed by atoms with Gasteiger partial charge in [-0.15, -0.1) is 0 Å². The van der Waals surface area contributed by atoms with Crippen LogP contribution in [0.4, 0.5) is 4.39 Å². The minimum Gasteiger partial charge on any atom is -0.465 e. The Morgan fingerprint density at radius 2 is 1.93 bits per heavy atom. The van der Waals surface area contributed by atoms with E-state index in [4.69, 9.17) is 9.47 Å². The Balaban J connectivity index is 1.95. The van der Waals surface area contributed by atoms with Crippen LogP contribution in [0.1, 0.15) is 38.4 Å².